The van der Waals surface area contributed by atoms with Crippen molar-refractivity contribution in [3.8, 4) is 5.75 Å². The van der Waals surface area contributed by atoms with Crippen LogP contribution in [0.2, 0.25) is 0 Å². The lowest BCUT2D eigenvalue weighted by Crippen LogP contribution is -2.46. The molecule has 16 nitrogen and oxygen atoms in total. The number of ether oxygens (including phenoxy) is 4. The highest BCUT2D eigenvalue weighted by molar-refractivity contribution is 6.38. The molecule has 1 amide bonds. The molecule has 16 heteroatoms. The topological polar surface area (TPSA) is 206 Å². The van der Waals surface area contributed by atoms with Gasteiger partial charge < -0.3 is 44.7 Å². The Morgan fingerprint density at radius 1 is 1.00 bits per heavy atom. The van der Waals surface area contributed by atoms with Crippen LogP contribution >= 0.6 is 0 Å². The Morgan fingerprint density at radius 2 is 1.68 bits per heavy atom. The molecule has 62 heavy (non-hydrogen) atoms. The van der Waals surface area contributed by atoms with Gasteiger partial charge in [-0.15, -0.1) is 6.58 Å². The summed E-state index contributed by atoms with van der Waals surface area (Å²) in [4.78, 5) is 72.9. The van der Waals surface area contributed by atoms with Gasteiger partial charge in [-0.2, -0.15) is 5.10 Å². The number of piperazine rings is 1. The van der Waals surface area contributed by atoms with E-state index < -0.39 is 83.1 Å². The molecule has 4 heterocycles. The van der Waals surface area contributed by atoms with Crippen molar-refractivity contribution in [3.05, 3.63) is 82.3 Å². The number of carbonyl (C=O) groups excluding carboxylic acids is 5. The second-order valence-electron chi connectivity index (χ2n) is 16.8. The number of carbonyl (C=O) groups is 5. The summed E-state index contributed by atoms with van der Waals surface area (Å²) in [6.45, 7) is 19.2. The van der Waals surface area contributed by atoms with E-state index in [1.165, 1.54) is 52.5 Å². The summed E-state index contributed by atoms with van der Waals surface area (Å²) in [5.74, 6) is -7.98. The van der Waals surface area contributed by atoms with Crippen molar-refractivity contribution in [1.29, 1.82) is 0 Å². The fourth-order valence-electron chi connectivity index (χ4n) is 8.30. The van der Waals surface area contributed by atoms with E-state index in [0.717, 1.165) is 0 Å². The maximum atomic E-state index is 15.0. The van der Waals surface area contributed by atoms with Crippen LogP contribution in [0.3, 0.4) is 0 Å². The zero-order valence-electron chi connectivity index (χ0n) is 37.3. The van der Waals surface area contributed by atoms with E-state index in [9.17, 15) is 34.2 Å². The standard InChI is InChI=1S/C46H61N5O11/c1-12-17-47-36-27(5)43-35-33-34(36)41(56)37(31(40(33)55)23-48-51-20-18-50(10)19-21-51)49-45(58)25(3)15-13-14-24(2)38(53)28(6)39(54)29(7)42(61-30(8)52)26(4)32(59-11)16-22-60-46(9,62-43)44(35)57/h12-16,22-24,26,28-29,32,38-39,42,47,53-54H,1,17-21H2,2-11H3,(H,49,58)/b14-13+,22-16+,25-15-,48-23+/t24-,26+,28+,29+,32-,38-,39+,42+,46-/m0/s1. The molecule has 1 aromatic carbocycles. The van der Waals surface area contributed by atoms with Gasteiger partial charge in [0.25, 0.3) is 11.7 Å². The second-order valence-corrected chi connectivity index (χ2v) is 16.8. The van der Waals surface area contributed by atoms with Crippen LogP contribution < -0.4 is 15.4 Å². The molecule has 5 aliphatic rings. The number of aliphatic hydroxyl groups is 2. The van der Waals surface area contributed by atoms with Crippen molar-refractivity contribution in [2.24, 2.45) is 28.8 Å². The number of hydrogen-bond donors (Lipinski definition) is 4. The molecule has 5 bridgehead atoms. The van der Waals surface area contributed by atoms with Crippen LogP contribution in [0, 0.1) is 30.6 Å². The lowest BCUT2D eigenvalue weighted by Gasteiger charge is -2.38. The average molecular weight is 860 g/mol. The highest BCUT2D eigenvalue weighted by Crippen LogP contribution is 2.48. The van der Waals surface area contributed by atoms with Gasteiger partial charge in [0.15, 0.2) is 5.78 Å². The molecule has 0 unspecified atom stereocenters. The number of methoxy groups -OCH3 is 1. The number of rotatable bonds is 7. The van der Waals surface area contributed by atoms with Gasteiger partial charge in [-0.1, -0.05) is 52.0 Å². The summed E-state index contributed by atoms with van der Waals surface area (Å²) in [7, 11) is 3.43. The minimum atomic E-state index is -2.03. The molecule has 0 aromatic heterocycles. The number of likely N-dealkylation sites (N-methyl/N-ethyl adjacent to an activating group) is 1. The van der Waals surface area contributed by atoms with E-state index in [1.54, 1.807) is 57.9 Å². The largest absolute Gasteiger partial charge is 0.462 e. The van der Waals surface area contributed by atoms with Crippen LogP contribution in [-0.2, 0) is 23.8 Å². The van der Waals surface area contributed by atoms with E-state index >= 15 is 0 Å². The Kier molecular flexibility index (Phi) is 15.2. The minimum Gasteiger partial charge on any atom is -0.462 e. The van der Waals surface area contributed by atoms with E-state index in [1.807, 2.05) is 7.05 Å². The minimum absolute atomic E-state index is 0.0243. The number of esters is 1. The number of hydrogen-bond acceptors (Lipinski definition) is 15. The monoisotopic (exact) mass is 859 g/mol. The average Bonchev–Trinajstić information content (AvgIpc) is 3.50. The van der Waals surface area contributed by atoms with Gasteiger partial charge in [0.05, 0.1) is 58.7 Å². The Bertz CT molecular complexity index is 2120. The molecule has 1 aromatic rings. The van der Waals surface area contributed by atoms with Gasteiger partial charge >= 0.3 is 11.8 Å². The Balaban J connectivity index is 1.71. The van der Waals surface area contributed by atoms with Gasteiger partial charge in [-0.3, -0.25) is 29.0 Å². The quantitative estimate of drug-likeness (QED) is 0.173. The third-order valence-electron chi connectivity index (χ3n) is 12.3. The predicted molar refractivity (Wildman–Crippen MR) is 233 cm³/mol. The van der Waals surface area contributed by atoms with Crippen molar-refractivity contribution in [3.63, 3.8) is 0 Å². The van der Waals surface area contributed by atoms with Gasteiger partial charge in [-0.25, -0.2) is 0 Å². The SMILES string of the molecule is C=CCNc1c(C)c2c3c4c1C(=O)C(=C(/C=N/N1CCN(C)CC1)C4=O)NC(=O)/C(C)=C\C=C\[C@H](C)[C@H](O)[C@@H](C)[C@@H](O)[C@@H](C)[C@H](OC(C)=O)[C@H](C)[C@@H](OC)/C=C/O[C@@](C)(O2)C3=O. The van der Waals surface area contributed by atoms with Crippen LogP contribution in [0.5, 0.6) is 5.75 Å². The number of nitrogens with one attached hydrogen (secondary N) is 2. The Hall–Kier alpha value is -5.42. The first kappa shape index (κ1) is 47.6. The number of aliphatic hydroxyl groups excluding tert-OH is 2. The number of nitrogens with zero attached hydrogens (tertiary/aromatic N) is 3. The van der Waals surface area contributed by atoms with Gasteiger partial charge in [0.1, 0.15) is 17.6 Å². The second kappa shape index (κ2) is 19.7. The van der Waals surface area contributed by atoms with Crippen LogP contribution in [0.25, 0.3) is 0 Å². The maximum absolute atomic E-state index is 15.0. The molecule has 9 atom stereocenters. The number of benzene rings is 1. The highest BCUT2D eigenvalue weighted by atomic mass is 16.7. The fraction of sp³-hybridized carbons (Fsp3) is 0.522. The molecule has 336 valence electrons. The molecular weight excluding hydrogens is 799 g/mol. The lowest BCUT2D eigenvalue weighted by molar-refractivity contribution is -0.160. The summed E-state index contributed by atoms with van der Waals surface area (Å²) in [6.07, 6.45) is 6.44. The van der Waals surface area contributed by atoms with Crippen molar-refractivity contribution >= 4 is 41.1 Å². The maximum Gasteiger partial charge on any atom is 0.312 e. The van der Waals surface area contributed by atoms with Crippen LogP contribution in [0.1, 0.15) is 85.1 Å². The highest BCUT2D eigenvalue weighted by Gasteiger charge is 2.52. The van der Waals surface area contributed by atoms with Crippen LogP contribution in [-0.4, -0.2) is 133 Å². The number of fused-ring (bicyclic) bond motifs is 14. The fourth-order valence-corrected chi connectivity index (χ4v) is 8.30. The molecule has 1 fully saturated rings. The summed E-state index contributed by atoms with van der Waals surface area (Å²) in [5.41, 5.74) is -0.370. The Morgan fingerprint density at radius 3 is 2.31 bits per heavy atom. The number of hydrazone groups is 1. The van der Waals surface area contributed by atoms with E-state index in [-0.39, 0.29) is 51.5 Å². The van der Waals surface area contributed by atoms with Crippen LogP contribution in [0.4, 0.5) is 5.69 Å². The van der Waals surface area contributed by atoms with E-state index in [0.29, 0.717) is 31.7 Å². The van der Waals surface area contributed by atoms with Gasteiger partial charge in [0.2, 0.25) is 5.78 Å². The van der Waals surface area contributed by atoms with Gasteiger partial charge in [0, 0.05) is 88.5 Å². The first-order chi connectivity index (χ1) is 29.3. The molecular formula is C46H61N5O11. The molecule has 1 saturated heterocycles. The van der Waals surface area contributed by atoms with Gasteiger partial charge in [-0.05, 0) is 27.0 Å². The lowest BCUT2D eigenvalue weighted by atomic mass is 9.78. The zero-order valence-corrected chi connectivity index (χ0v) is 37.3. The van der Waals surface area contributed by atoms with Crippen molar-refractivity contribution in [2.45, 2.75) is 85.6 Å². The molecule has 4 N–H and O–H groups in total. The van der Waals surface area contributed by atoms with Crippen molar-refractivity contribution < 1.29 is 53.1 Å². The molecule has 1 aliphatic carbocycles. The third-order valence-corrected chi connectivity index (χ3v) is 12.3. The summed E-state index contributed by atoms with van der Waals surface area (Å²) in [5, 5.41) is 35.1. The van der Waals surface area contributed by atoms with E-state index in [4.69, 9.17) is 18.9 Å². The van der Waals surface area contributed by atoms with Crippen molar-refractivity contribution in [1.82, 2.24) is 15.2 Å². The number of ketones is 3. The molecule has 4 aliphatic heterocycles. The van der Waals surface area contributed by atoms with Crippen molar-refractivity contribution in [2.75, 3.05) is 52.2 Å². The normalized spacial score (nSPS) is 32.1. The zero-order chi connectivity index (χ0) is 45.8. The molecule has 6 rings (SSSR count). The summed E-state index contributed by atoms with van der Waals surface area (Å²) >= 11 is 0. The number of Topliss-reactive ketones (excluding diaryl/α,β-unsaturated/α-hetero) is 3. The predicted octanol–water partition coefficient (Wildman–Crippen LogP) is 4.13. The first-order valence-electron chi connectivity index (χ1n) is 20.9. The molecule has 0 saturated carbocycles. The smallest absolute Gasteiger partial charge is 0.312 e. The van der Waals surface area contributed by atoms with E-state index in [2.05, 4.69) is 27.2 Å². The Labute approximate surface area is 363 Å². The number of anilines is 1. The summed E-state index contributed by atoms with van der Waals surface area (Å²) in [6, 6.07) is 0. The summed E-state index contributed by atoms with van der Waals surface area (Å²) < 4.78 is 23.9. The number of amides is 1. The number of allylic oxidation sites excluding steroid dienone is 4. The van der Waals surface area contributed by atoms with Crippen LogP contribution in [0.15, 0.2) is 65.2 Å². The first-order valence-corrected chi connectivity index (χ1v) is 20.9. The molecule has 0 radical (unpaired) electrons. The third kappa shape index (κ3) is 9.63. The molecule has 0 spiro atoms.